The molecule has 9 nitrogen and oxygen atoms in total. The van der Waals surface area contributed by atoms with Gasteiger partial charge in [0.1, 0.15) is 18.5 Å². The lowest BCUT2D eigenvalue weighted by atomic mass is 9.88. The Hall–Kier alpha value is -3.24. The number of ether oxygens (including phenoxy) is 1. The van der Waals surface area contributed by atoms with Crippen LogP contribution in [0.5, 0.6) is 0 Å². The summed E-state index contributed by atoms with van der Waals surface area (Å²) in [5.74, 6) is 1.25. The number of nitrogens with zero attached hydrogens (tertiary/aromatic N) is 4. The van der Waals surface area contributed by atoms with E-state index in [2.05, 4.69) is 54.4 Å². The van der Waals surface area contributed by atoms with Gasteiger partial charge in [-0.25, -0.2) is 4.68 Å². The zero-order valence-corrected chi connectivity index (χ0v) is 28.8. The highest BCUT2D eigenvalue weighted by Gasteiger charge is 2.48. The van der Waals surface area contributed by atoms with Crippen molar-refractivity contribution in [3.63, 3.8) is 0 Å². The van der Waals surface area contributed by atoms with Gasteiger partial charge >= 0.3 is 0 Å². The largest absolute Gasteiger partial charge is 0.360 e. The molecule has 3 aliphatic rings. The molecule has 3 aliphatic carbocycles. The Morgan fingerprint density at radius 3 is 2.24 bits per heavy atom. The molecule has 2 aromatic heterocycles. The second kappa shape index (κ2) is 12.9. The van der Waals surface area contributed by atoms with Crippen molar-refractivity contribution in [1.82, 2.24) is 24.9 Å². The highest BCUT2D eigenvalue weighted by atomic mass is 28.3. The number of anilines is 1. The minimum Gasteiger partial charge on any atom is -0.360 e. The Labute approximate surface area is 268 Å². The van der Waals surface area contributed by atoms with Gasteiger partial charge < -0.3 is 15.4 Å². The van der Waals surface area contributed by atoms with Gasteiger partial charge in [0.2, 0.25) is 5.91 Å². The molecule has 3 saturated carbocycles. The number of nitrogens with one attached hydrogen (secondary N) is 2. The first-order chi connectivity index (χ1) is 21.5. The van der Waals surface area contributed by atoms with E-state index in [1.54, 1.807) is 16.9 Å². The van der Waals surface area contributed by atoms with Gasteiger partial charge in [0.15, 0.2) is 0 Å². The molecule has 1 atom stereocenters. The first kappa shape index (κ1) is 31.7. The van der Waals surface area contributed by atoms with Crippen molar-refractivity contribution in [2.75, 3.05) is 11.9 Å². The van der Waals surface area contributed by atoms with E-state index < -0.39 is 14.1 Å². The summed E-state index contributed by atoms with van der Waals surface area (Å²) in [7, 11) is -1.15. The van der Waals surface area contributed by atoms with E-state index in [1.807, 2.05) is 30.7 Å². The molecule has 1 aromatic carbocycles. The van der Waals surface area contributed by atoms with Gasteiger partial charge in [-0.15, -0.1) is 0 Å². The van der Waals surface area contributed by atoms with E-state index in [-0.39, 0.29) is 23.8 Å². The van der Waals surface area contributed by atoms with Crippen LogP contribution < -0.4 is 10.6 Å². The average molecular weight is 631 g/mol. The zero-order chi connectivity index (χ0) is 31.9. The van der Waals surface area contributed by atoms with Gasteiger partial charge in [0, 0.05) is 49.8 Å². The molecule has 0 bridgehead atoms. The predicted molar refractivity (Wildman–Crippen MR) is 180 cm³/mol. The maximum Gasteiger partial charge on any atom is 0.270 e. The number of benzene rings is 1. The van der Waals surface area contributed by atoms with Gasteiger partial charge in [-0.2, -0.15) is 10.2 Å². The number of aromatic nitrogens is 4. The van der Waals surface area contributed by atoms with Crippen molar-refractivity contribution in [2.45, 2.75) is 110 Å². The number of hydrogen-bond acceptors (Lipinski definition) is 5. The maximum absolute atomic E-state index is 13.9. The summed E-state index contributed by atoms with van der Waals surface area (Å²) in [5, 5.41) is 15.6. The standard InChI is InChI=1S/C35H50N6O3Si/c1-22(2)41-29(17-18-36-41)34(42)38-33(31(25-7-8-25)26-9-10-26)35(43)37-28-15-13-24(14-16-28)30-23(3)40(39-32(30)27-11-12-27)21-44-19-20-45(4,5)6/h13-18,22,25-27,31,33H,7-12,19-21H2,1-6H3,(H,37,43)(H,38,42). The molecule has 3 fully saturated rings. The van der Waals surface area contributed by atoms with Crippen LogP contribution in [0.15, 0.2) is 36.5 Å². The predicted octanol–water partition coefficient (Wildman–Crippen LogP) is 7.00. The van der Waals surface area contributed by atoms with Gasteiger partial charge in [0.05, 0.1) is 5.69 Å². The Balaban J connectivity index is 1.18. The summed E-state index contributed by atoms with van der Waals surface area (Å²) in [6.07, 6.45) is 8.48. The molecule has 0 saturated heterocycles. The monoisotopic (exact) mass is 630 g/mol. The fourth-order valence-electron chi connectivity index (χ4n) is 6.51. The number of amides is 2. The molecular formula is C35H50N6O3Si. The molecule has 6 rings (SSSR count). The topological polar surface area (TPSA) is 103 Å². The molecular weight excluding hydrogens is 581 g/mol. The van der Waals surface area contributed by atoms with E-state index >= 15 is 0 Å². The zero-order valence-electron chi connectivity index (χ0n) is 27.8. The SMILES string of the molecule is Cc1c(-c2ccc(NC(=O)C(NC(=O)c3ccnn3C(C)C)C(C3CC3)C3CC3)cc2)c(C2CC2)nn1COCC[Si](C)(C)C. The molecule has 0 spiro atoms. The molecule has 0 radical (unpaired) electrons. The molecule has 2 heterocycles. The van der Waals surface area contributed by atoms with Crippen molar-refractivity contribution in [2.24, 2.45) is 17.8 Å². The van der Waals surface area contributed by atoms with E-state index in [4.69, 9.17) is 9.84 Å². The second-order valence-corrected chi connectivity index (χ2v) is 20.6. The summed E-state index contributed by atoms with van der Waals surface area (Å²) in [6, 6.07) is 10.4. The number of carbonyl (C=O) groups is 2. The van der Waals surface area contributed by atoms with E-state index in [0.717, 1.165) is 61.0 Å². The second-order valence-electron chi connectivity index (χ2n) is 15.0. The summed E-state index contributed by atoms with van der Waals surface area (Å²) >= 11 is 0. The third kappa shape index (κ3) is 7.60. The molecule has 0 aliphatic heterocycles. The summed E-state index contributed by atoms with van der Waals surface area (Å²) in [4.78, 5) is 27.4. The minimum absolute atomic E-state index is 0.0490. The summed E-state index contributed by atoms with van der Waals surface area (Å²) in [6.45, 7) is 14.5. The van der Waals surface area contributed by atoms with E-state index in [1.165, 1.54) is 18.4 Å². The minimum atomic E-state index is -1.15. The lowest BCUT2D eigenvalue weighted by Crippen LogP contribution is -2.50. The quantitative estimate of drug-likeness (QED) is 0.139. The lowest BCUT2D eigenvalue weighted by molar-refractivity contribution is -0.119. The number of carbonyl (C=O) groups excluding carboxylic acids is 2. The van der Waals surface area contributed by atoms with Crippen LogP contribution in [0.1, 0.15) is 86.2 Å². The smallest absolute Gasteiger partial charge is 0.270 e. The van der Waals surface area contributed by atoms with Crippen molar-refractivity contribution < 1.29 is 14.3 Å². The van der Waals surface area contributed by atoms with Gasteiger partial charge in [-0.3, -0.25) is 14.3 Å². The summed E-state index contributed by atoms with van der Waals surface area (Å²) in [5.41, 5.74) is 5.76. The van der Waals surface area contributed by atoms with Gasteiger partial charge in [-0.1, -0.05) is 31.8 Å². The summed E-state index contributed by atoms with van der Waals surface area (Å²) < 4.78 is 9.78. The lowest BCUT2D eigenvalue weighted by Gasteiger charge is -2.28. The van der Waals surface area contributed by atoms with Gasteiger partial charge in [0.25, 0.3) is 5.91 Å². The first-order valence-electron chi connectivity index (χ1n) is 16.9. The van der Waals surface area contributed by atoms with Crippen LogP contribution in [0.25, 0.3) is 11.1 Å². The molecule has 242 valence electrons. The van der Waals surface area contributed by atoms with Crippen LogP contribution in [0.4, 0.5) is 5.69 Å². The molecule has 2 amide bonds. The molecule has 2 N–H and O–H groups in total. The number of rotatable bonds is 15. The van der Waals surface area contributed by atoms with Crippen LogP contribution in [0, 0.1) is 24.7 Å². The normalized spacial score (nSPS) is 17.6. The van der Waals surface area contributed by atoms with Crippen molar-refractivity contribution in [3.8, 4) is 11.1 Å². The van der Waals surface area contributed by atoms with Crippen LogP contribution in [-0.4, -0.2) is 52.1 Å². The first-order valence-corrected chi connectivity index (χ1v) is 20.6. The Bertz CT molecular complexity index is 1500. The van der Waals surface area contributed by atoms with E-state index in [9.17, 15) is 9.59 Å². The highest BCUT2D eigenvalue weighted by molar-refractivity contribution is 6.76. The van der Waals surface area contributed by atoms with Crippen molar-refractivity contribution >= 4 is 25.6 Å². The van der Waals surface area contributed by atoms with Crippen molar-refractivity contribution in [1.29, 1.82) is 0 Å². The molecule has 10 heteroatoms. The Kier molecular flexibility index (Phi) is 9.07. The maximum atomic E-state index is 13.9. The molecule has 45 heavy (non-hydrogen) atoms. The fourth-order valence-corrected chi connectivity index (χ4v) is 7.27. The van der Waals surface area contributed by atoms with Crippen LogP contribution in [0.3, 0.4) is 0 Å². The highest BCUT2D eigenvalue weighted by Crippen LogP contribution is 2.51. The third-order valence-corrected chi connectivity index (χ3v) is 11.2. The molecule has 1 unspecified atom stereocenters. The van der Waals surface area contributed by atoms with E-state index in [0.29, 0.717) is 30.2 Å². The fraction of sp³-hybridized carbons (Fsp3) is 0.600. The van der Waals surface area contributed by atoms with Crippen LogP contribution >= 0.6 is 0 Å². The van der Waals surface area contributed by atoms with Crippen LogP contribution in [0.2, 0.25) is 25.7 Å². The Morgan fingerprint density at radius 1 is 1.00 bits per heavy atom. The average Bonchev–Trinajstić information content (AvgIpc) is 3.88. The van der Waals surface area contributed by atoms with Gasteiger partial charge in [-0.05, 0) is 107 Å². The van der Waals surface area contributed by atoms with Crippen LogP contribution in [-0.2, 0) is 16.3 Å². The Morgan fingerprint density at radius 2 is 1.67 bits per heavy atom. The third-order valence-electron chi connectivity index (χ3n) is 9.53. The number of hydrogen-bond donors (Lipinski definition) is 2. The van der Waals surface area contributed by atoms with Crippen molar-refractivity contribution in [3.05, 3.63) is 53.6 Å². The molecule has 3 aromatic rings.